The Balaban J connectivity index is 1.77. The number of alkyl carbamates (subject to hydrolysis) is 1. The highest BCUT2D eigenvalue weighted by molar-refractivity contribution is 5.77. The van der Waals surface area contributed by atoms with Gasteiger partial charge in [0, 0.05) is 13.0 Å². The number of nitrogens with one attached hydrogen (secondary N) is 2. The zero-order valence-electron chi connectivity index (χ0n) is 14.1. The molecule has 1 aromatic carbocycles. The van der Waals surface area contributed by atoms with Gasteiger partial charge in [-0.05, 0) is 51.2 Å². The number of carbonyl (C=O) groups excluding carboxylic acids is 2. The number of rotatable bonds is 4. The number of fused-ring (bicyclic) bond motifs is 1. The van der Waals surface area contributed by atoms with Crippen molar-refractivity contribution in [1.29, 1.82) is 0 Å². The van der Waals surface area contributed by atoms with Crippen LogP contribution in [-0.2, 0) is 16.0 Å². The van der Waals surface area contributed by atoms with E-state index in [9.17, 15) is 9.59 Å². The number of carbonyl (C=O) groups is 2. The van der Waals surface area contributed by atoms with Gasteiger partial charge >= 0.3 is 6.09 Å². The Kier molecular flexibility index (Phi) is 5.64. The molecule has 1 aromatic rings. The zero-order valence-corrected chi connectivity index (χ0v) is 14.1. The maximum Gasteiger partial charge on any atom is 0.407 e. The van der Waals surface area contributed by atoms with E-state index in [0.29, 0.717) is 0 Å². The smallest absolute Gasteiger partial charge is 0.407 e. The minimum absolute atomic E-state index is 0.0530. The summed E-state index contributed by atoms with van der Waals surface area (Å²) < 4.78 is 5.13. The lowest BCUT2D eigenvalue weighted by atomic mass is 9.88. The molecule has 0 radical (unpaired) electrons. The topological polar surface area (TPSA) is 67.4 Å². The summed E-state index contributed by atoms with van der Waals surface area (Å²) in [4.78, 5) is 23.6. The normalized spacial score (nSPS) is 17.1. The van der Waals surface area contributed by atoms with Gasteiger partial charge < -0.3 is 15.4 Å². The predicted octanol–water partition coefficient (Wildman–Crippen LogP) is 3.10. The first-order valence-electron chi connectivity index (χ1n) is 8.19. The molecule has 0 unspecified atom stereocenters. The van der Waals surface area contributed by atoms with Crippen LogP contribution in [0.1, 0.15) is 57.2 Å². The lowest BCUT2D eigenvalue weighted by Crippen LogP contribution is -2.36. The first-order valence-corrected chi connectivity index (χ1v) is 8.19. The SMILES string of the molecule is CC(C)(C)OC(=O)NCCC(=O)N[C@@H]1CCCc2ccccc21. The lowest BCUT2D eigenvalue weighted by Gasteiger charge is -2.26. The summed E-state index contributed by atoms with van der Waals surface area (Å²) in [6, 6.07) is 8.33. The summed E-state index contributed by atoms with van der Waals surface area (Å²) >= 11 is 0. The molecule has 0 saturated heterocycles. The minimum atomic E-state index is -0.530. The van der Waals surface area contributed by atoms with Crippen molar-refractivity contribution in [3.05, 3.63) is 35.4 Å². The van der Waals surface area contributed by atoms with Crippen LogP contribution in [0.4, 0.5) is 4.79 Å². The van der Waals surface area contributed by atoms with Gasteiger partial charge in [0.15, 0.2) is 0 Å². The van der Waals surface area contributed by atoms with Gasteiger partial charge in [0.2, 0.25) is 5.91 Å². The Morgan fingerprint density at radius 2 is 2.00 bits per heavy atom. The van der Waals surface area contributed by atoms with Gasteiger partial charge in [-0.25, -0.2) is 4.79 Å². The number of aryl methyl sites for hydroxylation is 1. The highest BCUT2D eigenvalue weighted by Crippen LogP contribution is 2.29. The van der Waals surface area contributed by atoms with Crippen LogP contribution < -0.4 is 10.6 Å². The molecule has 1 aliphatic carbocycles. The van der Waals surface area contributed by atoms with Crippen LogP contribution in [-0.4, -0.2) is 24.1 Å². The molecule has 0 heterocycles. The number of hydrogen-bond donors (Lipinski definition) is 2. The van der Waals surface area contributed by atoms with Crippen molar-refractivity contribution >= 4 is 12.0 Å². The third-order valence-electron chi connectivity index (χ3n) is 3.72. The number of hydrogen-bond acceptors (Lipinski definition) is 3. The highest BCUT2D eigenvalue weighted by atomic mass is 16.6. The zero-order chi connectivity index (χ0) is 16.9. The van der Waals surface area contributed by atoms with E-state index in [1.807, 2.05) is 12.1 Å². The van der Waals surface area contributed by atoms with E-state index in [4.69, 9.17) is 4.74 Å². The van der Waals surface area contributed by atoms with Crippen molar-refractivity contribution in [2.24, 2.45) is 0 Å². The molecule has 5 heteroatoms. The average Bonchev–Trinajstić information content (AvgIpc) is 2.45. The predicted molar refractivity (Wildman–Crippen MR) is 89.1 cm³/mol. The van der Waals surface area contributed by atoms with E-state index in [1.165, 1.54) is 11.1 Å². The third kappa shape index (κ3) is 5.58. The van der Waals surface area contributed by atoms with Crippen molar-refractivity contribution in [3.8, 4) is 0 Å². The summed E-state index contributed by atoms with van der Waals surface area (Å²) in [5.41, 5.74) is 2.00. The van der Waals surface area contributed by atoms with Crippen molar-refractivity contribution < 1.29 is 14.3 Å². The fraction of sp³-hybridized carbons (Fsp3) is 0.556. The molecule has 0 saturated carbocycles. The Morgan fingerprint density at radius 3 is 2.74 bits per heavy atom. The van der Waals surface area contributed by atoms with Crippen molar-refractivity contribution in [2.45, 2.75) is 58.1 Å². The Bertz CT molecular complexity index is 564. The molecule has 2 rings (SSSR count). The summed E-state index contributed by atoms with van der Waals surface area (Å²) in [5.74, 6) is -0.0530. The van der Waals surface area contributed by atoms with Crippen LogP contribution in [0.25, 0.3) is 0 Å². The first-order chi connectivity index (χ1) is 10.8. The molecule has 0 bridgehead atoms. The molecule has 1 atom stereocenters. The second-order valence-corrected chi connectivity index (χ2v) is 6.89. The Labute approximate surface area is 137 Å². The molecule has 0 fully saturated rings. The lowest BCUT2D eigenvalue weighted by molar-refractivity contribution is -0.121. The molecule has 2 amide bonds. The second-order valence-electron chi connectivity index (χ2n) is 6.89. The molecule has 1 aliphatic rings. The fourth-order valence-corrected chi connectivity index (χ4v) is 2.76. The molecule has 2 N–H and O–H groups in total. The van der Waals surface area contributed by atoms with Crippen LogP contribution in [0.15, 0.2) is 24.3 Å². The Hall–Kier alpha value is -2.04. The van der Waals surface area contributed by atoms with E-state index >= 15 is 0 Å². The van der Waals surface area contributed by atoms with Crippen molar-refractivity contribution in [3.63, 3.8) is 0 Å². The molecule has 126 valence electrons. The van der Waals surface area contributed by atoms with Gasteiger partial charge in [-0.3, -0.25) is 4.79 Å². The molecule has 5 nitrogen and oxygen atoms in total. The number of benzene rings is 1. The van der Waals surface area contributed by atoms with E-state index in [0.717, 1.165) is 19.3 Å². The maximum atomic E-state index is 12.1. The third-order valence-corrected chi connectivity index (χ3v) is 3.72. The minimum Gasteiger partial charge on any atom is -0.444 e. The van der Waals surface area contributed by atoms with Gasteiger partial charge in [0.05, 0.1) is 6.04 Å². The average molecular weight is 318 g/mol. The molecule has 0 aromatic heterocycles. The monoisotopic (exact) mass is 318 g/mol. The molecule has 0 spiro atoms. The standard InChI is InChI=1S/C18H26N2O3/c1-18(2,3)23-17(22)19-12-11-16(21)20-15-10-6-8-13-7-4-5-9-14(13)15/h4-5,7,9,15H,6,8,10-12H2,1-3H3,(H,19,22)(H,20,21)/t15-/m1/s1. The summed E-state index contributed by atoms with van der Waals surface area (Å²) in [6.45, 7) is 5.69. The van der Waals surface area contributed by atoms with E-state index < -0.39 is 11.7 Å². The maximum absolute atomic E-state index is 12.1. The van der Waals surface area contributed by atoms with Crippen LogP contribution >= 0.6 is 0 Å². The Morgan fingerprint density at radius 1 is 1.26 bits per heavy atom. The van der Waals surface area contributed by atoms with Crippen molar-refractivity contribution in [2.75, 3.05) is 6.54 Å². The van der Waals surface area contributed by atoms with E-state index in [2.05, 4.69) is 22.8 Å². The van der Waals surface area contributed by atoms with Gasteiger partial charge in [-0.1, -0.05) is 24.3 Å². The first kappa shape index (κ1) is 17.3. The summed E-state index contributed by atoms with van der Waals surface area (Å²) in [5, 5.41) is 5.67. The van der Waals surface area contributed by atoms with E-state index in [-0.39, 0.29) is 24.9 Å². The summed E-state index contributed by atoms with van der Waals surface area (Å²) in [7, 11) is 0. The number of ether oxygens (including phenoxy) is 1. The second kappa shape index (κ2) is 7.49. The molecule has 0 aliphatic heterocycles. The largest absolute Gasteiger partial charge is 0.444 e. The summed E-state index contributed by atoms with van der Waals surface area (Å²) in [6.07, 6.45) is 2.87. The van der Waals surface area contributed by atoms with Gasteiger partial charge in [-0.15, -0.1) is 0 Å². The number of amides is 2. The highest BCUT2D eigenvalue weighted by Gasteiger charge is 2.21. The molecular weight excluding hydrogens is 292 g/mol. The van der Waals surface area contributed by atoms with Crippen LogP contribution in [0, 0.1) is 0 Å². The van der Waals surface area contributed by atoms with E-state index in [1.54, 1.807) is 20.8 Å². The van der Waals surface area contributed by atoms with Crippen LogP contribution in [0.5, 0.6) is 0 Å². The quantitative estimate of drug-likeness (QED) is 0.896. The molecule has 23 heavy (non-hydrogen) atoms. The van der Waals surface area contributed by atoms with Crippen LogP contribution in [0.3, 0.4) is 0 Å². The fourth-order valence-electron chi connectivity index (χ4n) is 2.76. The molecular formula is C18H26N2O3. The van der Waals surface area contributed by atoms with Gasteiger partial charge in [0.1, 0.15) is 5.60 Å². The van der Waals surface area contributed by atoms with Gasteiger partial charge in [-0.2, -0.15) is 0 Å². The van der Waals surface area contributed by atoms with Crippen LogP contribution in [0.2, 0.25) is 0 Å². The van der Waals surface area contributed by atoms with Gasteiger partial charge in [0.25, 0.3) is 0 Å². The van der Waals surface area contributed by atoms with Crippen molar-refractivity contribution in [1.82, 2.24) is 10.6 Å².